The largest absolute Gasteiger partial charge is 0.447 e. The van der Waals surface area contributed by atoms with Crippen LogP contribution in [0.1, 0.15) is 23.5 Å². The molecule has 1 aliphatic heterocycles. The van der Waals surface area contributed by atoms with Gasteiger partial charge in [-0.15, -0.1) is 0 Å². The van der Waals surface area contributed by atoms with E-state index in [1.54, 1.807) is 0 Å². The van der Waals surface area contributed by atoms with Crippen LogP contribution in [-0.4, -0.2) is 49.2 Å². The lowest BCUT2D eigenvalue weighted by molar-refractivity contribution is 0.177. The number of aryl methyl sites for hydroxylation is 1. The van der Waals surface area contributed by atoms with Gasteiger partial charge in [-0.05, 0) is 50.1 Å². The SMILES string of the molecule is [2H]c1[nH]c2c([2H])c([2H])c(C([2H])([2H])[C@@]3([2H])COC(=O)N3)c([2H])c2c1CC([2H])([2H])N(C)C. The summed E-state index contributed by atoms with van der Waals surface area (Å²) in [5.74, 6) is 0. The third kappa shape index (κ3) is 3.19. The number of H-pyrrole nitrogens is 1. The van der Waals surface area contributed by atoms with E-state index in [0.29, 0.717) is 0 Å². The molecule has 0 bridgehead atoms. The maximum atomic E-state index is 11.4. The van der Waals surface area contributed by atoms with Gasteiger partial charge in [-0.2, -0.15) is 0 Å². The normalized spacial score (nSPS) is 29.3. The average Bonchev–Trinajstić information content (AvgIpc) is 3.13. The van der Waals surface area contributed by atoms with Crippen LogP contribution in [0.2, 0.25) is 0 Å². The summed E-state index contributed by atoms with van der Waals surface area (Å²) in [4.78, 5) is 15.3. The molecule has 3 rings (SSSR count). The van der Waals surface area contributed by atoms with E-state index in [-0.39, 0.29) is 29.1 Å². The van der Waals surface area contributed by atoms with Gasteiger partial charge in [0.25, 0.3) is 0 Å². The summed E-state index contributed by atoms with van der Waals surface area (Å²) in [6.07, 6.45) is -4.35. The summed E-state index contributed by atoms with van der Waals surface area (Å²) in [5.41, 5.74) is -0.596. The van der Waals surface area contributed by atoms with E-state index in [9.17, 15) is 4.79 Å². The minimum absolute atomic E-state index is 0.0511. The third-order valence-corrected chi connectivity index (χ3v) is 2.90. The van der Waals surface area contributed by atoms with Gasteiger partial charge in [0.15, 0.2) is 0 Å². The molecule has 1 fully saturated rings. The standard InChI is InChI=1S/C16H21N3O2/c1-19(2)6-5-12-9-17-15-4-3-11(8-14(12)15)7-13-10-21-16(20)18-13/h3-4,8-9,13,17H,5-7,10H2,1-2H3,(H,18,20)/t13-/m0/s1/i3D,4D,6D2,7D2,8D,9D,13D. The molecule has 1 aromatic heterocycles. The number of carbonyl (C=O) groups excluding carboxylic acids is 1. The number of aromatic nitrogens is 1. The molecule has 2 heterocycles. The molecule has 2 N–H and O–H groups in total. The number of benzene rings is 1. The lowest BCUT2D eigenvalue weighted by Crippen LogP contribution is -2.28. The molecule has 1 aromatic carbocycles. The Morgan fingerprint density at radius 3 is 3.14 bits per heavy atom. The van der Waals surface area contributed by atoms with Gasteiger partial charge < -0.3 is 19.9 Å². The van der Waals surface area contributed by atoms with Crippen molar-refractivity contribution in [2.75, 3.05) is 27.2 Å². The molecule has 0 radical (unpaired) electrons. The van der Waals surface area contributed by atoms with Crippen molar-refractivity contribution >= 4 is 17.0 Å². The number of fused-ring (bicyclic) bond motifs is 1. The van der Waals surface area contributed by atoms with Crippen molar-refractivity contribution in [2.45, 2.75) is 18.8 Å². The van der Waals surface area contributed by atoms with Crippen molar-refractivity contribution in [1.82, 2.24) is 15.2 Å². The second-order valence-corrected chi connectivity index (χ2v) is 4.76. The van der Waals surface area contributed by atoms with Crippen LogP contribution < -0.4 is 5.32 Å². The second-order valence-electron chi connectivity index (χ2n) is 4.76. The zero-order valence-corrected chi connectivity index (χ0v) is 11.7. The minimum Gasteiger partial charge on any atom is -0.447 e. The highest BCUT2D eigenvalue weighted by Crippen LogP contribution is 2.21. The molecule has 2 aromatic rings. The number of nitrogens with zero attached hydrogens (tertiary/aromatic N) is 1. The lowest BCUT2D eigenvalue weighted by atomic mass is 10.0. The van der Waals surface area contributed by atoms with Crippen molar-refractivity contribution in [3.8, 4) is 0 Å². The molecule has 112 valence electrons. The first-order valence-corrected chi connectivity index (χ1v) is 6.38. The van der Waals surface area contributed by atoms with Gasteiger partial charge in [-0.3, -0.25) is 0 Å². The fourth-order valence-corrected chi connectivity index (χ4v) is 1.91. The number of amides is 1. The number of nitrogens with one attached hydrogen (secondary N) is 2. The van der Waals surface area contributed by atoms with Crippen LogP contribution in [0.25, 0.3) is 10.9 Å². The maximum absolute atomic E-state index is 11.4. The fourth-order valence-electron chi connectivity index (χ4n) is 1.91. The van der Waals surface area contributed by atoms with Crippen LogP contribution in [0.15, 0.2) is 24.3 Å². The Bertz CT molecular complexity index is 1040. The molecular formula is C16H21N3O2. The Balaban J connectivity index is 2.30. The van der Waals surface area contributed by atoms with Gasteiger partial charge in [0.2, 0.25) is 0 Å². The Morgan fingerprint density at radius 1 is 1.57 bits per heavy atom. The fraction of sp³-hybridized carbons (Fsp3) is 0.438. The molecule has 0 saturated carbocycles. The van der Waals surface area contributed by atoms with Crippen molar-refractivity contribution in [2.24, 2.45) is 0 Å². The first kappa shape index (κ1) is 6.83. The van der Waals surface area contributed by atoms with Gasteiger partial charge >= 0.3 is 6.09 Å². The molecule has 1 aliphatic rings. The minimum atomic E-state index is -2.78. The molecule has 5 nitrogen and oxygen atoms in total. The summed E-state index contributed by atoms with van der Waals surface area (Å²) in [6.45, 7) is -2.56. The van der Waals surface area contributed by atoms with Crippen LogP contribution in [0, 0.1) is 0 Å². The van der Waals surface area contributed by atoms with Crippen LogP contribution in [0.5, 0.6) is 0 Å². The number of hydrogen-bond donors (Lipinski definition) is 2. The van der Waals surface area contributed by atoms with Gasteiger partial charge in [-0.1, -0.05) is 6.04 Å². The van der Waals surface area contributed by atoms with E-state index < -0.39 is 55.3 Å². The zero-order valence-electron chi connectivity index (χ0n) is 20.7. The number of cyclic esters (lactones) is 1. The molecule has 0 unspecified atom stereocenters. The van der Waals surface area contributed by atoms with E-state index in [0.717, 1.165) is 0 Å². The van der Waals surface area contributed by atoms with Crippen molar-refractivity contribution in [1.29, 1.82) is 0 Å². The molecule has 1 saturated heterocycles. The Labute approximate surface area is 136 Å². The molecule has 1 amide bonds. The summed E-state index contributed by atoms with van der Waals surface area (Å²) >= 11 is 0. The van der Waals surface area contributed by atoms with E-state index in [2.05, 4.69) is 15.0 Å². The monoisotopic (exact) mass is 296 g/mol. The van der Waals surface area contributed by atoms with Crippen LogP contribution in [0.4, 0.5) is 4.79 Å². The maximum Gasteiger partial charge on any atom is 0.407 e. The molecule has 1 atom stereocenters. The molecular weight excluding hydrogens is 266 g/mol. The molecule has 5 heteroatoms. The van der Waals surface area contributed by atoms with Gasteiger partial charge in [0, 0.05) is 29.1 Å². The van der Waals surface area contributed by atoms with Gasteiger partial charge in [0.1, 0.15) is 6.61 Å². The number of ether oxygens (including phenoxy) is 1. The van der Waals surface area contributed by atoms with E-state index in [4.69, 9.17) is 12.3 Å². The molecule has 21 heavy (non-hydrogen) atoms. The second kappa shape index (κ2) is 5.77. The predicted octanol–water partition coefficient (Wildman–Crippen LogP) is 1.92. The number of likely N-dealkylation sites (N-methyl/N-ethyl adjacent to an activating group) is 1. The highest BCUT2D eigenvalue weighted by Gasteiger charge is 2.22. The number of alkyl carbamates (subject to hydrolysis) is 1. The summed E-state index contributed by atoms with van der Waals surface area (Å²) in [5, 5.41) is 2.00. The predicted molar refractivity (Wildman–Crippen MR) is 82.5 cm³/mol. The number of aromatic amines is 1. The first-order valence-electron chi connectivity index (χ1n) is 10.9. The number of hydrogen-bond acceptors (Lipinski definition) is 3. The zero-order chi connectivity index (χ0) is 22.8. The number of rotatable bonds is 5. The topological polar surface area (TPSA) is 57.4 Å². The van der Waals surface area contributed by atoms with Crippen molar-refractivity contribution in [3.63, 3.8) is 0 Å². The van der Waals surface area contributed by atoms with Crippen LogP contribution in [0.3, 0.4) is 0 Å². The van der Waals surface area contributed by atoms with E-state index >= 15 is 0 Å². The van der Waals surface area contributed by atoms with Gasteiger partial charge in [0.05, 0.1) is 12.9 Å². The van der Waals surface area contributed by atoms with E-state index in [1.807, 2.05) is 0 Å². The first-order chi connectivity index (χ1) is 13.6. The van der Waals surface area contributed by atoms with E-state index in [1.165, 1.54) is 19.0 Å². The number of carbonyl (C=O) groups is 1. The highest BCUT2D eigenvalue weighted by atomic mass is 16.6. The Hall–Kier alpha value is -2.01. The Morgan fingerprint density at radius 2 is 2.43 bits per heavy atom. The molecule has 0 spiro atoms. The average molecular weight is 296 g/mol. The smallest absolute Gasteiger partial charge is 0.407 e. The van der Waals surface area contributed by atoms with Crippen LogP contribution in [-0.2, 0) is 17.5 Å². The van der Waals surface area contributed by atoms with Crippen LogP contribution >= 0.6 is 0 Å². The summed E-state index contributed by atoms with van der Waals surface area (Å²) in [6, 6.07) is -4.01. The lowest BCUT2D eigenvalue weighted by Gasteiger charge is -2.09. The summed E-state index contributed by atoms with van der Waals surface area (Å²) in [7, 11) is 3.02. The van der Waals surface area contributed by atoms with Crippen molar-refractivity contribution < 1.29 is 21.9 Å². The van der Waals surface area contributed by atoms with Gasteiger partial charge in [-0.25, -0.2) is 4.79 Å². The quantitative estimate of drug-likeness (QED) is 0.886. The van der Waals surface area contributed by atoms with Crippen molar-refractivity contribution in [3.05, 3.63) is 35.4 Å². The Kier molecular flexibility index (Phi) is 1.88. The highest BCUT2D eigenvalue weighted by molar-refractivity contribution is 5.84. The molecule has 0 aliphatic carbocycles. The summed E-state index contributed by atoms with van der Waals surface area (Å²) < 4.78 is 79.4. The third-order valence-electron chi connectivity index (χ3n) is 2.90.